The van der Waals surface area contributed by atoms with E-state index in [0.29, 0.717) is 11.3 Å². The van der Waals surface area contributed by atoms with E-state index in [9.17, 15) is 0 Å². The van der Waals surface area contributed by atoms with Gasteiger partial charge in [0.05, 0.1) is 22.4 Å². The molecular weight excluding hydrogens is 891 g/mol. The van der Waals surface area contributed by atoms with Crippen LogP contribution in [-0.4, -0.2) is 14.5 Å². The number of hydrogen-bond acceptors (Lipinski definition) is 4. The second-order valence-electron chi connectivity index (χ2n) is 14.8. The zero-order valence-electron chi connectivity index (χ0n) is 38.4. The Labute approximate surface area is 361 Å². The molecule has 0 bridgehead atoms. The van der Waals surface area contributed by atoms with Crippen molar-refractivity contribution < 1.29 is 37.2 Å². The van der Waals surface area contributed by atoms with Gasteiger partial charge in [-0.1, -0.05) is 106 Å². The first-order valence-corrected chi connectivity index (χ1v) is 19.1. The van der Waals surface area contributed by atoms with Gasteiger partial charge in [-0.05, 0) is 83.5 Å². The molecule has 10 rings (SSSR count). The summed E-state index contributed by atoms with van der Waals surface area (Å²) in [6.07, 6.45) is 1.30. The fraction of sp³-hybridized carbons (Fsp3) is 0.154. The van der Waals surface area contributed by atoms with E-state index in [2.05, 4.69) is 116 Å². The molecule has 4 heterocycles. The van der Waals surface area contributed by atoms with Crippen molar-refractivity contribution in [3.8, 4) is 39.7 Å². The molecule has 289 valence electrons. The van der Waals surface area contributed by atoms with Gasteiger partial charge in [0.25, 0.3) is 0 Å². The number of furan rings is 2. The molecule has 10 aromatic rings. The van der Waals surface area contributed by atoms with E-state index in [0.717, 1.165) is 72.3 Å². The average molecular weight is 940 g/mol. The predicted molar refractivity (Wildman–Crippen MR) is 234 cm³/mol. The first-order valence-electron chi connectivity index (χ1n) is 22.1. The van der Waals surface area contributed by atoms with Crippen LogP contribution in [0.5, 0.6) is 0 Å². The van der Waals surface area contributed by atoms with Crippen LogP contribution in [0.25, 0.3) is 83.6 Å². The van der Waals surface area contributed by atoms with Gasteiger partial charge in [0.1, 0.15) is 16.9 Å². The van der Waals surface area contributed by atoms with Gasteiger partial charge in [-0.25, -0.2) is 0 Å². The molecule has 0 aliphatic heterocycles. The van der Waals surface area contributed by atoms with Gasteiger partial charge < -0.3 is 18.4 Å². The summed E-state index contributed by atoms with van der Waals surface area (Å²) in [6.45, 7) is 4.70. The Kier molecular flexibility index (Phi) is 8.84. The molecule has 0 unspecified atom stereocenters. The maximum Gasteiger partial charge on any atom is 0.135 e. The normalized spacial score (nSPS) is 13.4. The Morgan fingerprint density at radius 1 is 0.690 bits per heavy atom. The molecule has 4 aromatic heterocycles. The van der Waals surface area contributed by atoms with Gasteiger partial charge in [0, 0.05) is 56.6 Å². The number of nitrogens with zero attached hydrogens (tertiary/aromatic N) is 3. The van der Waals surface area contributed by atoms with Gasteiger partial charge in [-0.3, -0.25) is 4.98 Å². The van der Waals surface area contributed by atoms with Crippen molar-refractivity contribution in [3.63, 3.8) is 0 Å². The molecule has 1 radical (unpaired) electrons. The molecular formula is C52H43IrN3O2-2. The minimum Gasteiger partial charge on any atom is -0.501 e. The van der Waals surface area contributed by atoms with Crippen LogP contribution in [0.4, 0.5) is 0 Å². The minimum absolute atomic E-state index is 0. The second kappa shape index (κ2) is 16.1. The van der Waals surface area contributed by atoms with E-state index in [1.165, 1.54) is 35.5 Å². The number of imidazole rings is 1. The Bertz CT molecular complexity index is 3150. The summed E-state index contributed by atoms with van der Waals surface area (Å²) >= 11 is 0. The number of fused-ring (bicyclic) bond motifs is 5. The minimum atomic E-state index is -2.18. The summed E-state index contributed by atoms with van der Waals surface area (Å²) in [6, 6.07) is 49.5. The van der Waals surface area contributed by atoms with Gasteiger partial charge in [0.2, 0.25) is 0 Å². The van der Waals surface area contributed by atoms with Gasteiger partial charge >= 0.3 is 0 Å². The zero-order valence-corrected chi connectivity index (χ0v) is 34.8. The molecule has 0 amide bonds. The van der Waals surface area contributed by atoms with Crippen LogP contribution in [-0.2, 0) is 20.1 Å². The van der Waals surface area contributed by atoms with Crippen molar-refractivity contribution >= 4 is 43.9 Å². The molecule has 0 saturated carbocycles. The van der Waals surface area contributed by atoms with E-state index in [1.807, 2.05) is 36.4 Å². The molecule has 0 aliphatic carbocycles. The summed E-state index contributed by atoms with van der Waals surface area (Å²) in [7, 11) is 0. The Morgan fingerprint density at radius 3 is 2.12 bits per heavy atom. The van der Waals surface area contributed by atoms with E-state index >= 15 is 0 Å². The van der Waals surface area contributed by atoms with Crippen LogP contribution in [0, 0.1) is 25.8 Å². The number of para-hydroxylation sites is 4. The summed E-state index contributed by atoms with van der Waals surface area (Å²) in [4.78, 5) is 9.32. The van der Waals surface area contributed by atoms with E-state index in [1.54, 1.807) is 12.1 Å². The number of rotatable bonds is 6. The van der Waals surface area contributed by atoms with Crippen molar-refractivity contribution in [1.82, 2.24) is 14.5 Å². The molecule has 0 atom stereocenters. The topological polar surface area (TPSA) is 57.0 Å². The summed E-state index contributed by atoms with van der Waals surface area (Å²) in [5, 5.41) is 3.27. The van der Waals surface area contributed by atoms with Crippen LogP contribution >= 0.6 is 0 Å². The fourth-order valence-electron chi connectivity index (χ4n) is 7.50. The first-order chi connectivity index (χ1) is 30.2. The SMILES string of the molecule is CC(C)c1cc(-c2cc3ccccc3o2)cc(C(C)C)c1-n1c(-c2[c-]ccc3c2oc2ccccc23)nc2ccccc21.[2H]C([2H])([2H])c1c[c-]c(-c2ccc(C([2H])([2H])[2H])cn2)cc1.[Ir]. The number of aryl methyl sites for hydroxylation is 2. The molecule has 58 heavy (non-hydrogen) atoms. The largest absolute Gasteiger partial charge is 0.501 e. The van der Waals surface area contributed by atoms with Crippen molar-refractivity contribution in [1.29, 1.82) is 0 Å². The van der Waals surface area contributed by atoms with Crippen LogP contribution in [0.1, 0.15) is 70.0 Å². The third kappa shape index (κ3) is 7.19. The Hall–Kier alpha value is -6.07. The fourth-order valence-corrected chi connectivity index (χ4v) is 7.50. The van der Waals surface area contributed by atoms with Gasteiger partial charge in [-0.15, -0.1) is 53.6 Å². The second-order valence-corrected chi connectivity index (χ2v) is 14.8. The van der Waals surface area contributed by atoms with E-state index < -0.39 is 13.7 Å². The summed E-state index contributed by atoms with van der Waals surface area (Å²) in [5.41, 5.74) is 11.7. The zero-order chi connectivity index (χ0) is 44.2. The maximum absolute atomic E-state index is 7.28. The van der Waals surface area contributed by atoms with Crippen LogP contribution in [0.3, 0.4) is 0 Å². The monoisotopic (exact) mass is 940 g/mol. The summed E-state index contributed by atoms with van der Waals surface area (Å²) in [5.74, 6) is 2.20. The van der Waals surface area contributed by atoms with E-state index in [-0.39, 0.29) is 43.1 Å². The number of benzene rings is 6. The quantitative estimate of drug-likeness (QED) is 0.156. The van der Waals surface area contributed by atoms with Crippen molar-refractivity contribution in [2.75, 3.05) is 0 Å². The van der Waals surface area contributed by atoms with Crippen molar-refractivity contribution in [3.05, 3.63) is 174 Å². The molecule has 0 N–H and O–H groups in total. The van der Waals surface area contributed by atoms with E-state index in [4.69, 9.17) is 22.0 Å². The molecule has 5 nitrogen and oxygen atoms in total. The molecule has 6 heteroatoms. The van der Waals surface area contributed by atoms with Crippen molar-refractivity contribution in [2.24, 2.45) is 0 Å². The summed E-state index contributed by atoms with van der Waals surface area (Å²) < 4.78 is 58.8. The average Bonchev–Trinajstić information content (AvgIpc) is 3.99. The molecule has 0 saturated heterocycles. The smallest absolute Gasteiger partial charge is 0.135 e. The molecule has 0 spiro atoms. The third-order valence-electron chi connectivity index (χ3n) is 10.3. The standard InChI is InChI=1S/C39H31N2O2.C13H12N.Ir/c1-23(2)30-20-26(36-22-25-12-5-9-18-34(25)42-36)21-31(24(3)4)37(30)41-33-17-8-7-16-32(33)40-39(41)29-15-11-14-28-27-13-6-10-19-35(27)43-38(28)29;1-10-3-6-12(7-4-10)13-8-5-11(2)9-14-13;/h5-14,16-24H,1-4H3;3-6,8-9H,1-2H3;/q2*-1;/i;1D3,2D3;. The van der Waals surface area contributed by atoms with Gasteiger partial charge in [-0.2, -0.15) is 0 Å². The predicted octanol–water partition coefficient (Wildman–Crippen LogP) is 14.2. The molecule has 6 aromatic carbocycles. The van der Waals surface area contributed by atoms with Crippen LogP contribution < -0.4 is 0 Å². The number of hydrogen-bond donors (Lipinski definition) is 0. The molecule has 0 fully saturated rings. The first kappa shape index (κ1) is 31.9. The number of aromatic nitrogens is 3. The van der Waals surface area contributed by atoms with Crippen molar-refractivity contribution in [2.45, 2.75) is 53.2 Å². The van der Waals surface area contributed by atoms with Crippen LogP contribution in [0.2, 0.25) is 0 Å². The van der Waals surface area contributed by atoms with Gasteiger partial charge in [0.15, 0.2) is 0 Å². The Morgan fingerprint density at radius 2 is 1.41 bits per heavy atom. The maximum atomic E-state index is 7.28. The molecule has 0 aliphatic rings. The third-order valence-corrected chi connectivity index (χ3v) is 10.3. The number of pyridine rings is 1. The van der Waals surface area contributed by atoms with Crippen LogP contribution in [0.15, 0.2) is 148 Å². The Balaban J connectivity index is 0.000000225.